The van der Waals surface area contributed by atoms with Crippen molar-refractivity contribution in [3.05, 3.63) is 41.7 Å². The van der Waals surface area contributed by atoms with Gasteiger partial charge >= 0.3 is 0 Å². The van der Waals surface area contributed by atoms with Crippen LogP contribution in [0.1, 0.15) is 11.3 Å². The lowest BCUT2D eigenvalue weighted by Gasteiger charge is -1.95. The van der Waals surface area contributed by atoms with E-state index in [2.05, 4.69) is 24.2 Å². The van der Waals surface area contributed by atoms with Gasteiger partial charge in [0.05, 0.1) is 5.52 Å². The van der Waals surface area contributed by atoms with Crippen LogP contribution >= 0.6 is 0 Å². The Balaban J connectivity index is 2.23. The molecule has 92 valence electrons. The van der Waals surface area contributed by atoms with E-state index in [9.17, 15) is 0 Å². The Morgan fingerprint density at radius 3 is 2.83 bits per heavy atom. The first-order chi connectivity index (χ1) is 8.69. The number of rotatable bonds is 2. The van der Waals surface area contributed by atoms with Crippen LogP contribution in [0.4, 0.5) is 0 Å². The Labute approximate surface area is 104 Å². The lowest BCUT2D eigenvalue weighted by Crippen LogP contribution is -1.89. The van der Waals surface area contributed by atoms with Crippen LogP contribution in [0.15, 0.2) is 34.7 Å². The van der Waals surface area contributed by atoms with E-state index in [1.165, 1.54) is 5.56 Å². The van der Waals surface area contributed by atoms with Crippen molar-refractivity contribution in [2.24, 2.45) is 7.05 Å². The van der Waals surface area contributed by atoms with E-state index in [1.54, 1.807) is 6.07 Å². The number of aliphatic hydroxyl groups excluding tert-OH is 1. The molecule has 18 heavy (non-hydrogen) atoms. The molecule has 4 nitrogen and oxygen atoms in total. The maximum Gasteiger partial charge on any atom is 0.155 e. The molecule has 0 bridgehead atoms. The van der Waals surface area contributed by atoms with Crippen molar-refractivity contribution in [3.63, 3.8) is 0 Å². The second-order valence-electron chi connectivity index (χ2n) is 4.42. The number of benzene rings is 1. The van der Waals surface area contributed by atoms with Gasteiger partial charge in [0.1, 0.15) is 18.1 Å². The third-order valence-corrected chi connectivity index (χ3v) is 3.06. The van der Waals surface area contributed by atoms with Crippen molar-refractivity contribution in [1.29, 1.82) is 0 Å². The molecular formula is C14H14N2O2. The molecule has 0 aliphatic carbocycles. The largest absolute Gasteiger partial charge is 0.457 e. The third kappa shape index (κ3) is 1.62. The number of fused-ring (bicyclic) bond motifs is 1. The van der Waals surface area contributed by atoms with Gasteiger partial charge in [-0.25, -0.2) is 0 Å². The molecule has 0 spiro atoms. The van der Waals surface area contributed by atoms with E-state index in [4.69, 9.17) is 9.52 Å². The third-order valence-electron chi connectivity index (χ3n) is 3.06. The number of furan rings is 1. The Kier molecular flexibility index (Phi) is 2.45. The predicted octanol–water partition coefficient (Wildman–Crippen LogP) is 2.63. The van der Waals surface area contributed by atoms with Gasteiger partial charge in [-0.15, -0.1) is 0 Å². The van der Waals surface area contributed by atoms with Gasteiger partial charge in [0, 0.05) is 12.4 Å². The summed E-state index contributed by atoms with van der Waals surface area (Å²) in [6, 6.07) is 9.82. The summed E-state index contributed by atoms with van der Waals surface area (Å²) in [7, 11) is 1.92. The van der Waals surface area contributed by atoms with Crippen molar-refractivity contribution in [2.75, 3.05) is 0 Å². The van der Waals surface area contributed by atoms with E-state index in [1.807, 2.05) is 23.9 Å². The highest BCUT2D eigenvalue weighted by molar-refractivity contribution is 5.92. The molecule has 0 saturated carbocycles. The van der Waals surface area contributed by atoms with Crippen molar-refractivity contribution < 1.29 is 9.52 Å². The Morgan fingerprint density at radius 2 is 2.11 bits per heavy atom. The number of aryl methyl sites for hydroxylation is 2. The first-order valence-corrected chi connectivity index (χ1v) is 5.82. The predicted molar refractivity (Wildman–Crippen MR) is 69.1 cm³/mol. The zero-order valence-electron chi connectivity index (χ0n) is 10.3. The van der Waals surface area contributed by atoms with E-state index < -0.39 is 0 Å². The van der Waals surface area contributed by atoms with E-state index in [-0.39, 0.29) is 6.61 Å². The van der Waals surface area contributed by atoms with E-state index in [0.717, 1.165) is 16.6 Å². The fourth-order valence-electron chi connectivity index (χ4n) is 2.14. The minimum Gasteiger partial charge on any atom is -0.457 e. The molecule has 2 heterocycles. The maximum absolute atomic E-state index is 9.03. The summed E-state index contributed by atoms with van der Waals surface area (Å²) in [5.41, 5.74) is 3.09. The lowest BCUT2D eigenvalue weighted by atomic mass is 10.1. The standard InChI is InChI=1S/C14H14N2O2/c1-9-3-5-11-12(7-9)16(2)15-14(11)13-6-4-10(8-17)18-13/h3-7,17H,8H2,1-2H3. The van der Waals surface area contributed by atoms with Crippen LogP contribution in [0.25, 0.3) is 22.4 Å². The Morgan fingerprint density at radius 1 is 1.28 bits per heavy atom. The van der Waals surface area contributed by atoms with E-state index in [0.29, 0.717) is 11.5 Å². The second kappa shape index (κ2) is 3.99. The SMILES string of the molecule is Cc1ccc2c(-c3ccc(CO)o3)nn(C)c2c1. The maximum atomic E-state index is 9.03. The average Bonchev–Trinajstić information content (AvgIpc) is 2.95. The molecule has 0 fully saturated rings. The van der Waals surface area contributed by atoms with Crippen LogP contribution in [-0.4, -0.2) is 14.9 Å². The number of nitrogens with zero attached hydrogens (tertiary/aromatic N) is 2. The zero-order chi connectivity index (χ0) is 12.7. The van der Waals surface area contributed by atoms with Gasteiger partial charge in [-0.2, -0.15) is 5.10 Å². The summed E-state index contributed by atoms with van der Waals surface area (Å²) in [4.78, 5) is 0. The van der Waals surface area contributed by atoms with Crippen LogP contribution in [0, 0.1) is 6.92 Å². The quantitative estimate of drug-likeness (QED) is 0.751. The molecule has 2 aromatic heterocycles. The van der Waals surface area contributed by atoms with Crippen LogP contribution in [0.3, 0.4) is 0 Å². The molecule has 0 unspecified atom stereocenters. The molecule has 1 N–H and O–H groups in total. The van der Waals surface area contributed by atoms with Crippen LogP contribution in [0.5, 0.6) is 0 Å². The molecule has 4 heteroatoms. The summed E-state index contributed by atoms with van der Waals surface area (Å²) in [6.45, 7) is 1.97. The summed E-state index contributed by atoms with van der Waals surface area (Å²) >= 11 is 0. The molecule has 1 aromatic carbocycles. The summed E-state index contributed by atoms with van der Waals surface area (Å²) in [6.07, 6.45) is 0. The Bertz CT molecular complexity index is 710. The number of hydrogen-bond acceptors (Lipinski definition) is 3. The van der Waals surface area contributed by atoms with Crippen LogP contribution < -0.4 is 0 Å². The molecule has 3 aromatic rings. The highest BCUT2D eigenvalue weighted by Crippen LogP contribution is 2.29. The molecule has 0 saturated heterocycles. The molecule has 0 radical (unpaired) electrons. The van der Waals surface area contributed by atoms with Crippen molar-refractivity contribution in [1.82, 2.24) is 9.78 Å². The normalized spacial score (nSPS) is 11.3. The van der Waals surface area contributed by atoms with Crippen molar-refractivity contribution in [3.8, 4) is 11.5 Å². The Hall–Kier alpha value is -2.07. The lowest BCUT2D eigenvalue weighted by molar-refractivity contribution is 0.248. The summed E-state index contributed by atoms with van der Waals surface area (Å²) in [5.74, 6) is 1.24. The molecule has 0 aliphatic heterocycles. The van der Waals surface area contributed by atoms with Gasteiger partial charge in [-0.3, -0.25) is 4.68 Å². The minimum absolute atomic E-state index is 0.0934. The molecular weight excluding hydrogens is 228 g/mol. The molecule has 0 atom stereocenters. The summed E-state index contributed by atoms with van der Waals surface area (Å²) in [5, 5.41) is 14.6. The van der Waals surface area contributed by atoms with E-state index >= 15 is 0 Å². The molecule has 0 amide bonds. The van der Waals surface area contributed by atoms with Gasteiger partial charge < -0.3 is 9.52 Å². The van der Waals surface area contributed by atoms with Gasteiger partial charge in [-0.05, 0) is 30.7 Å². The minimum atomic E-state index is -0.0934. The number of aromatic nitrogens is 2. The van der Waals surface area contributed by atoms with Crippen LogP contribution in [-0.2, 0) is 13.7 Å². The van der Waals surface area contributed by atoms with Gasteiger partial charge in [0.15, 0.2) is 5.76 Å². The molecule has 3 rings (SSSR count). The van der Waals surface area contributed by atoms with Crippen LogP contribution in [0.2, 0.25) is 0 Å². The first kappa shape index (κ1) is 11.0. The highest BCUT2D eigenvalue weighted by atomic mass is 16.4. The smallest absolute Gasteiger partial charge is 0.155 e. The monoisotopic (exact) mass is 242 g/mol. The van der Waals surface area contributed by atoms with Gasteiger partial charge in [0.25, 0.3) is 0 Å². The number of hydrogen-bond donors (Lipinski definition) is 1. The fourth-order valence-corrected chi connectivity index (χ4v) is 2.14. The topological polar surface area (TPSA) is 51.2 Å². The number of aliphatic hydroxyl groups is 1. The fraction of sp³-hybridized carbons (Fsp3) is 0.214. The molecule has 0 aliphatic rings. The average molecular weight is 242 g/mol. The van der Waals surface area contributed by atoms with Crippen molar-refractivity contribution in [2.45, 2.75) is 13.5 Å². The highest BCUT2D eigenvalue weighted by Gasteiger charge is 2.13. The zero-order valence-corrected chi connectivity index (χ0v) is 10.3. The summed E-state index contributed by atoms with van der Waals surface area (Å²) < 4.78 is 7.39. The second-order valence-corrected chi connectivity index (χ2v) is 4.42. The van der Waals surface area contributed by atoms with Gasteiger partial charge in [0.2, 0.25) is 0 Å². The van der Waals surface area contributed by atoms with Gasteiger partial charge in [-0.1, -0.05) is 12.1 Å². The van der Waals surface area contributed by atoms with Crippen molar-refractivity contribution >= 4 is 10.9 Å². The first-order valence-electron chi connectivity index (χ1n) is 5.82.